The van der Waals surface area contributed by atoms with E-state index in [1.165, 1.54) is 32.4 Å². The van der Waals surface area contributed by atoms with Crippen LogP contribution in [0.25, 0.3) is 0 Å². The van der Waals surface area contributed by atoms with Crippen molar-refractivity contribution in [1.82, 2.24) is 9.80 Å². The fourth-order valence-electron chi connectivity index (χ4n) is 3.88. The Morgan fingerprint density at radius 2 is 1.88 bits per heavy atom. The van der Waals surface area contributed by atoms with Crippen LogP contribution in [0.3, 0.4) is 0 Å². The van der Waals surface area contributed by atoms with Crippen molar-refractivity contribution in [3.05, 3.63) is 0 Å². The SMILES string of the molecule is NC1CCN(C2CC3(CCN(C=O)C3)C2)CC1. The number of rotatable bonds is 2. The maximum absolute atomic E-state index is 10.8. The van der Waals surface area contributed by atoms with Gasteiger partial charge >= 0.3 is 0 Å². The molecule has 3 aliphatic rings. The first kappa shape index (κ1) is 11.5. The van der Waals surface area contributed by atoms with E-state index in [0.29, 0.717) is 11.5 Å². The van der Waals surface area contributed by atoms with Crippen LogP contribution in [0.2, 0.25) is 0 Å². The highest BCUT2D eigenvalue weighted by Crippen LogP contribution is 2.50. The minimum Gasteiger partial charge on any atom is -0.345 e. The number of hydrogen-bond acceptors (Lipinski definition) is 3. The van der Waals surface area contributed by atoms with Crippen LogP contribution in [0.4, 0.5) is 0 Å². The Morgan fingerprint density at radius 1 is 1.18 bits per heavy atom. The van der Waals surface area contributed by atoms with Gasteiger partial charge in [0.15, 0.2) is 0 Å². The summed E-state index contributed by atoms with van der Waals surface area (Å²) in [7, 11) is 0. The molecule has 2 saturated heterocycles. The summed E-state index contributed by atoms with van der Waals surface area (Å²) in [6.45, 7) is 4.33. The monoisotopic (exact) mass is 237 g/mol. The molecule has 2 N–H and O–H groups in total. The lowest BCUT2D eigenvalue weighted by molar-refractivity contribution is -0.118. The Kier molecular flexibility index (Phi) is 2.87. The highest BCUT2D eigenvalue weighted by Gasteiger charge is 2.50. The molecule has 1 saturated carbocycles. The molecule has 4 heteroatoms. The molecule has 1 spiro atoms. The van der Waals surface area contributed by atoms with Crippen molar-refractivity contribution in [2.45, 2.75) is 44.2 Å². The molecule has 0 radical (unpaired) electrons. The molecular weight excluding hydrogens is 214 g/mol. The van der Waals surface area contributed by atoms with Crippen LogP contribution in [0.1, 0.15) is 32.1 Å². The summed E-state index contributed by atoms with van der Waals surface area (Å²) < 4.78 is 0. The summed E-state index contributed by atoms with van der Waals surface area (Å²) in [6, 6.07) is 1.20. The van der Waals surface area contributed by atoms with Crippen molar-refractivity contribution in [2.75, 3.05) is 26.2 Å². The lowest BCUT2D eigenvalue weighted by Crippen LogP contribution is -2.55. The summed E-state index contributed by atoms with van der Waals surface area (Å²) in [6.07, 6.45) is 7.14. The van der Waals surface area contributed by atoms with E-state index in [1.807, 2.05) is 4.90 Å². The van der Waals surface area contributed by atoms with Gasteiger partial charge in [0.2, 0.25) is 6.41 Å². The van der Waals surface area contributed by atoms with E-state index in [9.17, 15) is 4.79 Å². The highest BCUT2D eigenvalue weighted by atomic mass is 16.1. The molecule has 0 aromatic heterocycles. The quantitative estimate of drug-likeness (QED) is 0.708. The van der Waals surface area contributed by atoms with Gasteiger partial charge in [-0.05, 0) is 50.6 Å². The van der Waals surface area contributed by atoms with Gasteiger partial charge in [0.1, 0.15) is 0 Å². The Labute approximate surface area is 103 Å². The first-order chi connectivity index (χ1) is 8.21. The van der Waals surface area contributed by atoms with Crippen LogP contribution < -0.4 is 5.73 Å². The molecule has 0 unspecified atom stereocenters. The smallest absolute Gasteiger partial charge is 0.209 e. The zero-order valence-corrected chi connectivity index (χ0v) is 10.5. The van der Waals surface area contributed by atoms with Crippen LogP contribution in [0.5, 0.6) is 0 Å². The van der Waals surface area contributed by atoms with E-state index in [4.69, 9.17) is 5.73 Å². The van der Waals surface area contributed by atoms with Gasteiger partial charge < -0.3 is 15.5 Å². The summed E-state index contributed by atoms with van der Waals surface area (Å²) in [5.74, 6) is 0. The number of amides is 1. The topological polar surface area (TPSA) is 49.6 Å². The molecule has 4 nitrogen and oxygen atoms in total. The number of nitrogens with two attached hydrogens (primary N) is 1. The largest absolute Gasteiger partial charge is 0.345 e. The molecule has 0 aromatic rings. The molecular formula is C13H23N3O. The van der Waals surface area contributed by atoms with Crippen LogP contribution in [-0.2, 0) is 4.79 Å². The van der Waals surface area contributed by atoms with E-state index in [-0.39, 0.29) is 0 Å². The molecule has 3 fully saturated rings. The van der Waals surface area contributed by atoms with Crippen LogP contribution >= 0.6 is 0 Å². The molecule has 0 bridgehead atoms. The standard InChI is InChI=1S/C13H23N3O/c14-11-1-4-16(5-2-11)12-7-13(8-12)3-6-15(9-13)10-17/h10-12H,1-9,14H2. The summed E-state index contributed by atoms with van der Waals surface area (Å²) >= 11 is 0. The number of carbonyl (C=O) groups is 1. The normalized spacial score (nSPS) is 39.6. The Bertz CT molecular complexity index is 293. The van der Waals surface area contributed by atoms with Crippen molar-refractivity contribution in [3.63, 3.8) is 0 Å². The maximum Gasteiger partial charge on any atom is 0.209 e. The third kappa shape index (κ3) is 2.08. The van der Waals surface area contributed by atoms with E-state index in [1.54, 1.807) is 0 Å². The molecule has 96 valence electrons. The first-order valence-corrected chi connectivity index (χ1v) is 6.90. The van der Waals surface area contributed by atoms with Gasteiger partial charge in [0, 0.05) is 25.2 Å². The van der Waals surface area contributed by atoms with Crippen LogP contribution in [-0.4, -0.2) is 54.5 Å². The second-order valence-corrected chi connectivity index (χ2v) is 6.26. The van der Waals surface area contributed by atoms with Gasteiger partial charge in [-0.1, -0.05) is 0 Å². The average molecular weight is 237 g/mol. The maximum atomic E-state index is 10.8. The van der Waals surface area contributed by atoms with Gasteiger partial charge in [-0.25, -0.2) is 0 Å². The number of nitrogens with zero attached hydrogens (tertiary/aromatic N) is 2. The Hall–Kier alpha value is -0.610. The molecule has 1 amide bonds. The molecule has 2 heterocycles. The van der Waals surface area contributed by atoms with Crippen LogP contribution in [0, 0.1) is 5.41 Å². The van der Waals surface area contributed by atoms with Gasteiger partial charge in [-0.15, -0.1) is 0 Å². The third-order valence-electron chi connectivity index (χ3n) is 5.04. The molecule has 1 aliphatic carbocycles. The van der Waals surface area contributed by atoms with E-state index in [2.05, 4.69) is 4.90 Å². The summed E-state index contributed by atoms with van der Waals surface area (Å²) in [4.78, 5) is 15.3. The van der Waals surface area contributed by atoms with E-state index >= 15 is 0 Å². The number of piperidine rings is 1. The molecule has 3 rings (SSSR count). The van der Waals surface area contributed by atoms with Gasteiger partial charge in [-0.2, -0.15) is 0 Å². The molecule has 17 heavy (non-hydrogen) atoms. The fourth-order valence-corrected chi connectivity index (χ4v) is 3.88. The number of hydrogen-bond donors (Lipinski definition) is 1. The third-order valence-corrected chi connectivity index (χ3v) is 5.04. The minimum absolute atomic E-state index is 0.428. The lowest BCUT2D eigenvalue weighted by Gasteiger charge is -2.51. The van der Waals surface area contributed by atoms with Crippen LogP contribution in [0.15, 0.2) is 0 Å². The highest BCUT2D eigenvalue weighted by molar-refractivity contribution is 5.48. The van der Waals surface area contributed by atoms with Crippen molar-refractivity contribution < 1.29 is 4.79 Å². The van der Waals surface area contributed by atoms with Crippen molar-refractivity contribution in [1.29, 1.82) is 0 Å². The Balaban J connectivity index is 1.50. The first-order valence-electron chi connectivity index (χ1n) is 6.90. The van der Waals surface area contributed by atoms with Crippen molar-refractivity contribution in [2.24, 2.45) is 11.1 Å². The molecule has 0 atom stereocenters. The van der Waals surface area contributed by atoms with Crippen molar-refractivity contribution in [3.8, 4) is 0 Å². The molecule has 2 aliphatic heterocycles. The lowest BCUT2D eigenvalue weighted by atomic mass is 9.64. The number of carbonyl (C=O) groups excluding carboxylic acids is 1. The fraction of sp³-hybridized carbons (Fsp3) is 0.923. The van der Waals surface area contributed by atoms with E-state index < -0.39 is 0 Å². The van der Waals surface area contributed by atoms with Crippen molar-refractivity contribution >= 4 is 6.41 Å². The zero-order chi connectivity index (χ0) is 11.9. The minimum atomic E-state index is 0.428. The second-order valence-electron chi connectivity index (χ2n) is 6.26. The summed E-state index contributed by atoms with van der Waals surface area (Å²) in [5.41, 5.74) is 6.41. The van der Waals surface area contributed by atoms with Gasteiger partial charge in [0.25, 0.3) is 0 Å². The van der Waals surface area contributed by atoms with Gasteiger partial charge in [0.05, 0.1) is 0 Å². The predicted octanol–water partition coefficient (Wildman–Crippen LogP) is 0.420. The van der Waals surface area contributed by atoms with Gasteiger partial charge in [-0.3, -0.25) is 4.79 Å². The average Bonchev–Trinajstić information content (AvgIpc) is 2.73. The van der Waals surface area contributed by atoms with E-state index in [0.717, 1.165) is 38.4 Å². The molecule has 0 aromatic carbocycles. The predicted molar refractivity (Wildman–Crippen MR) is 66.5 cm³/mol. The zero-order valence-electron chi connectivity index (χ0n) is 10.5. The second kappa shape index (κ2) is 4.25. The summed E-state index contributed by atoms with van der Waals surface area (Å²) in [5, 5.41) is 0. The Morgan fingerprint density at radius 3 is 2.47 bits per heavy atom. The number of likely N-dealkylation sites (tertiary alicyclic amines) is 2.